The predicted octanol–water partition coefficient (Wildman–Crippen LogP) is 0.639. The van der Waals surface area contributed by atoms with Gasteiger partial charge in [0.05, 0.1) is 14.2 Å². The van der Waals surface area contributed by atoms with Crippen molar-refractivity contribution in [3.8, 4) is 0 Å². The quantitative estimate of drug-likeness (QED) is 0.420. The molecule has 1 fully saturated rings. The molecule has 1 aliphatic heterocycles. The number of hydrogen-bond acceptors (Lipinski definition) is 6. The normalized spacial score (nSPS) is 16.1. The van der Waals surface area contributed by atoms with Gasteiger partial charge in [0.25, 0.3) is 0 Å². The molecule has 6 heteroatoms. The summed E-state index contributed by atoms with van der Waals surface area (Å²) in [6.45, 7) is 7.46. The van der Waals surface area contributed by atoms with Gasteiger partial charge in [-0.15, -0.1) is 0 Å². The summed E-state index contributed by atoms with van der Waals surface area (Å²) >= 11 is 0. The molecule has 0 aromatic rings. The fourth-order valence-electron chi connectivity index (χ4n) is 1.63. The van der Waals surface area contributed by atoms with Crippen molar-refractivity contribution in [2.45, 2.75) is 0 Å². The number of ether oxygens (including phenoxy) is 3. The highest BCUT2D eigenvalue weighted by molar-refractivity contribution is 5.70. The fraction of sp³-hybridized carbons (Fsp3) is 0.500. The molecule has 0 atom stereocenters. The van der Waals surface area contributed by atoms with Gasteiger partial charge in [-0.2, -0.15) is 0 Å². The Balaban J connectivity index is 2.46. The maximum absolute atomic E-state index is 11.0. The Kier molecular flexibility index (Phi) is 7.27. The number of methoxy groups -OCH3 is 2. The molecule has 0 radical (unpaired) electrons. The third kappa shape index (κ3) is 5.79. The first kappa shape index (κ1) is 16.1. The van der Waals surface area contributed by atoms with E-state index in [1.165, 1.54) is 14.2 Å². The Morgan fingerprint density at radius 2 is 2.00 bits per heavy atom. The van der Waals surface area contributed by atoms with Crippen LogP contribution in [-0.4, -0.2) is 57.9 Å². The summed E-state index contributed by atoms with van der Waals surface area (Å²) < 4.78 is 14.8. The number of rotatable bonds is 7. The van der Waals surface area contributed by atoms with E-state index < -0.39 is 5.97 Å². The van der Waals surface area contributed by atoms with E-state index in [2.05, 4.69) is 21.5 Å². The second-order valence-electron chi connectivity index (χ2n) is 4.15. The van der Waals surface area contributed by atoms with Gasteiger partial charge in [0.15, 0.2) is 18.1 Å². The first-order valence-electron chi connectivity index (χ1n) is 6.43. The number of carbonyl (C=O) groups is 1. The van der Waals surface area contributed by atoms with Gasteiger partial charge in [-0.1, -0.05) is 6.58 Å². The molecule has 0 aromatic heterocycles. The Bertz CT molecular complexity index is 385. The van der Waals surface area contributed by atoms with Crippen molar-refractivity contribution in [1.29, 1.82) is 0 Å². The molecule has 0 aromatic carbocycles. The van der Waals surface area contributed by atoms with E-state index in [0.717, 1.165) is 26.2 Å². The second-order valence-corrected chi connectivity index (χ2v) is 4.15. The highest BCUT2D eigenvalue weighted by Gasteiger charge is 2.07. The minimum Gasteiger partial charge on any atom is -0.493 e. The molecule has 20 heavy (non-hydrogen) atoms. The Morgan fingerprint density at radius 1 is 1.30 bits per heavy atom. The van der Waals surface area contributed by atoms with Crippen LogP contribution in [-0.2, 0) is 19.0 Å². The minimum absolute atomic E-state index is 0.183. The summed E-state index contributed by atoms with van der Waals surface area (Å²) in [5.74, 6) is 0.307. The summed E-state index contributed by atoms with van der Waals surface area (Å²) in [6.07, 6.45) is 5.62. The maximum Gasteiger partial charge on any atom is 0.343 e. The summed E-state index contributed by atoms with van der Waals surface area (Å²) in [6, 6.07) is 0. The van der Waals surface area contributed by atoms with Crippen LogP contribution in [0.4, 0.5) is 0 Å². The molecule has 1 N–H and O–H groups in total. The lowest BCUT2D eigenvalue weighted by Gasteiger charge is -2.25. The van der Waals surface area contributed by atoms with E-state index in [4.69, 9.17) is 9.47 Å². The molecule has 1 heterocycles. The van der Waals surface area contributed by atoms with Crippen LogP contribution in [0, 0.1) is 0 Å². The van der Waals surface area contributed by atoms with Gasteiger partial charge >= 0.3 is 5.97 Å². The van der Waals surface area contributed by atoms with Crippen molar-refractivity contribution in [2.24, 2.45) is 0 Å². The van der Waals surface area contributed by atoms with Crippen molar-refractivity contribution >= 4 is 5.97 Å². The van der Waals surface area contributed by atoms with E-state index in [-0.39, 0.29) is 6.61 Å². The van der Waals surface area contributed by atoms with E-state index in [1.54, 1.807) is 6.08 Å². The van der Waals surface area contributed by atoms with Gasteiger partial charge < -0.3 is 24.4 Å². The molecule has 6 nitrogen and oxygen atoms in total. The van der Waals surface area contributed by atoms with Crippen molar-refractivity contribution in [3.63, 3.8) is 0 Å². The lowest BCUT2D eigenvalue weighted by molar-refractivity contribution is -0.144. The van der Waals surface area contributed by atoms with Crippen molar-refractivity contribution in [2.75, 3.05) is 47.0 Å². The number of hydrogen-bond donors (Lipinski definition) is 1. The zero-order valence-corrected chi connectivity index (χ0v) is 12.1. The summed E-state index contributed by atoms with van der Waals surface area (Å²) in [4.78, 5) is 13.2. The molecule has 0 aliphatic carbocycles. The first-order chi connectivity index (χ1) is 9.67. The maximum atomic E-state index is 11.0. The molecule has 0 bridgehead atoms. The molecule has 1 saturated heterocycles. The number of carbonyl (C=O) groups excluding carboxylic acids is 1. The van der Waals surface area contributed by atoms with Crippen molar-refractivity contribution < 1.29 is 19.0 Å². The third-order valence-electron chi connectivity index (χ3n) is 2.78. The Labute approximate surface area is 119 Å². The number of piperazine rings is 1. The first-order valence-corrected chi connectivity index (χ1v) is 6.43. The van der Waals surface area contributed by atoms with Crippen LogP contribution < -0.4 is 5.32 Å². The zero-order chi connectivity index (χ0) is 14.8. The summed E-state index contributed by atoms with van der Waals surface area (Å²) in [5.41, 5.74) is 0. The predicted molar refractivity (Wildman–Crippen MR) is 75.8 cm³/mol. The zero-order valence-electron chi connectivity index (χ0n) is 12.1. The lowest BCUT2D eigenvalue weighted by atomic mass is 10.3. The molecule has 0 saturated carbocycles. The van der Waals surface area contributed by atoms with Gasteiger partial charge in [-0.25, -0.2) is 4.79 Å². The monoisotopic (exact) mass is 282 g/mol. The average molecular weight is 282 g/mol. The van der Waals surface area contributed by atoms with Gasteiger partial charge in [-0.05, 0) is 18.4 Å². The largest absolute Gasteiger partial charge is 0.493 e. The van der Waals surface area contributed by atoms with Crippen LogP contribution >= 0.6 is 0 Å². The highest BCUT2D eigenvalue weighted by atomic mass is 16.6. The summed E-state index contributed by atoms with van der Waals surface area (Å²) in [5, 5.41) is 3.28. The van der Waals surface area contributed by atoms with Gasteiger partial charge in [0.1, 0.15) is 0 Å². The fourth-order valence-corrected chi connectivity index (χ4v) is 1.63. The molecule has 1 rings (SSSR count). The van der Waals surface area contributed by atoms with Crippen LogP contribution in [0.5, 0.6) is 0 Å². The number of allylic oxidation sites excluding steroid dienone is 2. The van der Waals surface area contributed by atoms with Crippen LogP contribution in [0.3, 0.4) is 0 Å². The Morgan fingerprint density at radius 3 is 2.60 bits per heavy atom. The van der Waals surface area contributed by atoms with E-state index in [0.29, 0.717) is 11.5 Å². The van der Waals surface area contributed by atoms with E-state index in [9.17, 15) is 4.79 Å². The molecular formula is C14H22N2O4. The third-order valence-corrected chi connectivity index (χ3v) is 2.78. The SMILES string of the molecule is C=C(OCC(=O)OC)/C(=C\C=C\N1CCNCC1)OC. The molecule has 0 spiro atoms. The lowest BCUT2D eigenvalue weighted by Crippen LogP contribution is -2.40. The van der Waals surface area contributed by atoms with Gasteiger partial charge in [-0.3, -0.25) is 0 Å². The van der Waals surface area contributed by atoms with Gasteiger partial charge in [0, 0.05) is 26.2 Å². The van der Waals surface area contributed by atoms with Crippen LogP contribution in [0.2, 0.25) is 0 Å². The minimum atomic E-state index is -0.460. The van der Waals surface area contributed by atoms with Crippen molar-refractivity contribution in [3.05, 3.63) is 36.4 Å². The van der Waals surface area contributed by atoms with Crippen LogP contribution in [0.15, 0.2) is 36.4 Å². The summed E-state index contributed by atoms with van der Waals surface area (Å²) in [7, 11) is 2.83. The van der Waals surface area contributed by atoms with E-state index in [1.807, 2.05) is 12.3 Å². The van der Waals surface area contributed by atoms with Crippen LogP contribution in [0.1, 0.15) is 0 Å². The van der Waals surface area contributed by atoms with Crippen LogP contribution in [0.25, 0.3) is 0 Å². The van der Waals surface area contributed by atoms with Gasteiger partial charge in [0.2, 0.25) is 0 Å². The smallest absolute Gasteiger partial charge is 0.343 e. The Hall–Kier alpha value is -1.95. The second kappa shape index (κ2) is 9.03. The molecule has 112 valence electrons. The molecular weight excluding hydrogens is 260 g/mol. The van der Waals surface area contributed by atoms with E-state index >= 15 is 0 Å². The highest BCUT2D eigenvalue weighted by Crippen LogP contribution is 2.10. The average Bonchev–Trinajstić information content (AvgIpc) is 2.49. The topological polar surface area (TPSA) is 60.0 Å². The van der Waals surface area contributed by atoms with Crippen molar-refractivity contribution in [1.82, 2.24) is 10.2 Å². The molecule has 0 unspecified atom stereocenters. The number of esters is 1. The number of nitrogens with zero attached hydrogens (tertiary/aromatic N) is 1. The standard InChI is InChI=1S/C14H22N2O4/c1-12(20-11-14(17)19-3)13(18-2)5-4-8-16-9-6-15-7-10-16/h4-5,8,15H,1,6-7,9-11H2,2-3H3/b8-4+,13-5+. The molecule has 0 amide bonds. The number of nitrogens with one attached hydrogen (secondary N) is 1. The molecule has 1 aliphatic rings.